The first-order chi connectivity index (χ1) is 15.1. The molecule has 6 nitrogen and oxygen atoms in total. The number of benzene rings is 2. The van der Waals surface area contributed by atoms with Crippen LogP contribution in [-0.4, -0.2) is 47.7 Å². The van der Waals surface area contributed by atoms with Crippen molar-refractivity contribution < 1.29 is 23.8 Å². The maximum atomic E-state index is 13.4. The predicted molar refractivity (Wildman–Crippen MR) is 113 cm³/mol. The molecule has 1 saturated carbocycles. The van der Waals surface area contributed by atoms with Crippen molar-refractivity contribution in [1.29, 1.82) is 0 Å². The van der Waals surface area contributed by atoms with Crippen molar-refractivity contribution in [3.63, 3.8) is 0 Å². The topological polar surface area (TPSA) is 68.4 Å². The van der Waals surface area contributed by atoms with E-state index in [9.17, 15) is 9.59 Å². The van der Waals surface area contributed by atoms with Crippen LogP contribution in [0.15, 0.2) is 60.7 Å². The van der Waals surface area contributed by atoms with E-state index in [-0.39, 0.29) is 17.9 Å². The van der Waals surface area contributed by atoms with Gasteiger partial charge in [-0.2, -0.15) is 0 Å². The third-order valence-electron chi connectivity index (χ3n) is 6.85. The lowest BCUT2D eigenvalue weighted by Crippen LogP contribution is -2.58. The van der Waals surface area contributed by atoms with Gasteiger partial charge in [0.25, 0.3) is 0 Å². The first kappa shape index (κ1) is 20.2. The van der Waals surface area contributed by atoms with Gasteiger partial charge in [0.1, 0.15) is 24.3 Å². The number of rotatable bonds is 7. The molecule has 6 heteroatoms. The second-order valence-corrected chi connectivity index (χ2v) is 8.51. The molecule has 2 aliphatic heterocycles. The second-order valence-electron chi connectivity index (χ2n) is 8.51. The van der Waals surface area contributed by atoms with Gasteiger partial charge < -0.3 is 14.2 Å². The Morgan fingerprint density at radius 3 is 2.23 bits per heavy atom. The Bertz CT molecular complexity index is 964. The van der Waals surface area contributed by atoms with E-state index in [1.54, 1.807) is 12.0 Å². The van der Waals surface area contributed by atoms with Crippen LogP contribution in [-0.2, 0) is 19.0 Å². The number of carbonyl (C=O) groups is 2. The number of hydrogen-bond acceptors (Lipinski definition) is 5. The molecule has 0 spiro atoms. The molecule has 6 atom stereocenters. The highest BCUT2D eigenvalue weighted by atomic mass is 16.6. The minimum atomic E-state index is -1.07. The van der Waals surface area contributed by atoms with E-state index < -0.39 is 29.9 Å². The number of carbonyl (C=O) groups excluding carboxylic acids is 2. The number of cyclic esters (lactones) is 1. The minimum Gasteiger partial charge on any atom is -0.439 e. The average molecular weight is 421 g/mol. The molecule has 0 unspecified atom stereocenters. The molecule has 2 heterocycles. The zero-order valence-corrected chi connectivity index (χ0v) is 17.8. The average Bonchev–Trinajstić information content (AvgIpc) is 3.47. The van der Waals surface area contributed by atoms with Crippen LogP contribution in [0.5, 0.6) is 0 Å². The largest absolute Gasteiger partial charge is 0.439 e. The van der Waals surface area contributed by atoms with E-state index in [1.807, 2.05) is 60.7 Å². The monoisotopic (exact) mass is 421 g/mol. The molecule has 2 saturated heterocycles. The summed E-state index contributed by atoms with van der Waals surface area (Å²) in [6.07, 6.45) is 0.553. The third-order valence-corrected chi connectivity index (χ3v) is 6.85. The molecule has 0 aromatic heterocycles. The number of amides is 1. The van der Waals surface area contributed by atoms with Crippen molar-refractivity contribution in [3.8, 4) is 0 Å². The van der Waals surface area contributed by atoms with Crippen LogP contribution in [0.2, 0.25) is 0 Å². The van der Waals surface area contributed by atoms with Crippen LogP contribution >= 0.6 is 0 Å². The van der Waals surface area contributed by atoms with E-state index in [0.717, 1.165) is 24.0 Å². The van der Waals surface area contributed by atoms with Crippen molar-refractivity contribution >= 4 is 11.9 Å². The lowest BCUT2D eigenvalue weighted by atomic mass is 9.85. The van der Waals surface area contributed by atoms with Crippen LogP contribution in [0.1, 0.15) is 49.5 Å². The number of Topliss-reactive ketones (excluding diaryl/α,β-unsaturated/α-hetero) is 1. The SMILES string of the molecule is CCCC[C@@]1(OC)C(=O)[C@@H]2O[C@@H]2[C@H]1N1C(=O)O[C@@H](c2ccccc2)[C@H]1c1ccccc1. The standard InChI is InChI=1S/C25H27NO5/c1-3-4-15-25(29-2)22(20-21(30-20)23(25)27)26-18(16-11-7-5-8-12-16)19(31-24(26)28)17-13-9-6-10-14-17/h5-14,18-22H,3-4,15H2,1-2H3/t18-,19+,20+,21-,22-,25+/m1/s1. The highest BCUT2D eigenvalue weighted by Gasteiger charge is 2.74. The smallest absolute Gasteiger partial charge is 0.411 e. The maximum Gasteiger partial charge on any atom is 0.411 e. The van der Waals surface area contributed by atoms with Gasteiger partial charge in [-0.1, -0.05) is 80.4 Å². The molecular formula is C25H27NO5. The van der Waals surface area contributed by atoms with E-state index in [4.69, 9.17) is 14.2 Å². The molecule has 0 bridgehead atoms. The van der Waals surface area contributed by atoms with Gasteiger partial charge in [0, 0.05) is 7.11 Å². The fourth-order valence-corrected chi connectivity index (χ4v) is 5.30. The Hall–Kier alpha value is -2.70. The van der Waals surface area contributed by atoms with Crippen molar-refractivity contribution in [2.75, 3.05) is 7.11 Å². The molecule has 2 aromatic carbocycles. The van der Waals surface area contributed by atoms with Crippen molar-refractivity contribution in [2.24, 2.45) is 0 Å². The molecule has 1 amide bonds. The van der Waals surface area contributed by atoms with Crippen molar-refractivity contribution in [1.82, 2.24) is 4.90 Å². The molecule has 31 heavy (non-hydrogen) atoms. The predicted octanol–water partition coefficient (Wildman–Crippen LogP) is 4.22. The van der Waals surface area contributed by atoms with Crippen LogP contribution in [0.4, 0.5) is 4.79 Å². The molecule has 162 valence electrons. The number of unbranched alkanes of at least 4 members (excludes halogenated alkanes) is 1. The quantitative estimate of drug-likeness (QED) is 0.627. The number of methoxy groups -OCH3 is 1. The fourth-order valence-electron chi connectivity index (χ4n) is 5.30. The Balaban J connectivity index is 1.61. The molecule has 3 fully saturated rings. The number of nitrogens with zero attached hydrogens (tertiary/aromatic N) is 1. The van der Waals surface area contributed by atoms with Gasteiger partial charge in [-0.3, -0.25) is 9.69 Å². The number of fused-ring (bicyclic) bond motifs is 1. The first-order valence-electron chi connectivity index (χ1n) is 11.0. The van der Waals surface area contributed by atoms with E-state index in [0.29, 0.717) is 6.42 Å². The summed E-state index contributed by atoms with van der Waals surface area (Å²) in [6.45, 7) is 2.08. The summed E-state index contributed by atoms with van der Waals surface area (Å²) in [7, 11) is 1.57. The number of ketones is 1. The van der Waals surface area contributed by atoms with Crippen molar-refractivity contribution in [3.05, 3.63) is 71.8 Å². The molecule has 2 aromatic rings. The summed E-state index contributed by atoms with van der Waals surface area (Å²) < 4.78 is 17.6. The van der Waals surface area contributed by atoms with E-state index in [1.165, 1.54) is 0 Å². The van der Waals surface area contributed by atoms with Gasteiger partial charge in [-0.15, -0.1) is 0 Å². The minimum absolute atomic E-state index is 0.0544. The van der Waals surface area contributed by atoms with Crippen LogP contribution < -0.4 is 0 Å². The summed E-state index contributed by atoms with van der Waals surface area (Å²) in [6, 6.07) is 18.7. The molecule has 5 rings (SSSR count). The molecular weight excluding hydrogens is 394 g/mol. The van der Waals surface area contributed by atoms with Gasteiger partial charge in [0.05, 0.1) is 0 Å². The normalized spacial score (nSPS) is 34.0. The third kappa shape index (κ3) is 3.08. The number of ether oxygens (including phenoxy) is 3. The second kappa shape index (κ2) is 7.77. The van der Waals surface area contributed by atoms with Gasteiger partial charge in [-0.25, -0.2) is 4.79 Å². The summed E-state index contributed by atoms with van der Waals surface area (Å²) in [5.41, 5.74) is 0.807. The molecule has 1 aliphatic carbocycles. The molecule has 3 aliphatic rings. The Morgan fingerprint density at radius 1 is 0.968 bits per heavy atom. The highest BCUT2D eigenvalue weighted by molar-refractivity contribution is 5.99. The molecule has 0 N–H and O–H groups in total. The summed E-state index contributed by atoms with van der Waals surface area (Å²) in [4.78, 5) is 28.3. The zero-order valence-electron chi connectivity index (χ0n) is 17.8. The van der Waals surface area contributed by atoms with Gasteiger partial charge >= 0.3 is 6.09 Å². The van der Waals surface area contributed by atoms with Crippen LogP contribution in [0.25, 0.3) is 0 Å². The maximum absolute atomic E-state index is 13.4. The highest BCUT2D eigenvalue weighted by Crippen LogP contribution is 2.54. The zero-order chi connectivity index (χ0) is 21.6. The molecule has 0 radical (unpaired) electrons. The fraction of sp³-hybridized carbons (Fsp3) is 0.440. The Labute approximate surface area is 182 Å². The van der Waals surface area contributed by atoms with E-state index in [2.05, 4.69) is 6.92 Å². The van der Waals surface area contributed by atoms with E-state index >= 15 is 0 Å². The summed E-state index contributed by atoms with van der Waals surface area (Å²) in [5, 5.41) is 0. The van der Waals surface area contributed by atoms with Gasteiger partial charge in [-0.05, 0) is 17.5 Å². The Morgan fingerprint density at radius 2 is 1.61 bits per heavy atom. The van der Waals surface area contributed by atoms with Crippen molar-refractivity contribution in [2.45, 2.75) is 62.2 Å². The first-order valence-corrected chi connectivity index (χ1v) is 11.0. The lowest BCUT2D eigenvalue weighted by Gasteiger charge is -2.41. The van der Waals surface area contributed by atoms with Crippen LogP contribution in [0.3, 0.4) is 0 Å². The summed E-state index contributed by atoms with van der Waals surface area (Å²) in [5.74, 6) is -0.0544. The Kier molecular flexibility index (Phi) is 5.07. The summed E-state index contributed by atoms with van der Waals surface area (Å²) >= 11 is 0. The van der Waals surface area contributed by atoms with Gasteiger partial charge in [0.15, 0.2) is 17.5 Å². The number of hydrogen-bond donors (Lipinski definition) is 0. The number of epoxide rings is 1. The lowest BCUT2D eigenvalue weighted by molar-refractivity contribution is -0.152. The van der Waals surface area contributed by atoms with Gasteiger partial charge in [0.2, 0.25) is 0 Å². The van der Waals surface area contributed by atoms with Crippen LogP contribution in [0, 0.1) is 0 Å².